The molecule has 0 radical (unpaired) electrons. The van der Waals surface area contributed by atoms with Gasteiger partial charge in [-0.3, -0.25) is 9.69 Å². The third kappa shape index (κ3) is 3.30. The van der Waals surface area contributed by atoms with E-state index in [0.717, 1.165) is 50.5 Å². The Morgan fingerprint density at radius 1 is 1.08 bits per heavy atom. The van der Waals surface area contributed by atoms with Crippen molar-refractivity contribution in [3.63, 3.8) is 0 Å². The second-order valence-corrected chi connectivity index (χ2v) is 7.76. The number of rotatable bonds is 5. The monoisotopic (exact) mass is 352 g/mol. The van der Waals surface area contributed by atoms with Crippen LogP contribution in [0.3, 0.4) is 0 Å². The average Bonchev–Trinajstić information content (AvgIpc) is 3.30. The summed E-state index contributed by atoms with van der Waals surface area (Å²) in [5, 5.41) is 0. The van der Waals surface area contributed by atoms with Crippen molar-refractivity contribution in [2.45, 2.75) is 39.3 Å². The van der Waals surface area contributed by atoms with E-state index in [4.69, 9.17) is 4.42 Å². The normalized spacial score (nSPS) is 25.6. The topological polar surface area (TPSA) is 36.7 Å². The number of carbonyl (C=O) groups excluding carboxylic acids is 1. The lowest BCUT2D eigenvalue weighted by Crippen LogP contribution is -2.34. The minimum absolute atomic E-state index is 0.190. The molecule has 0 saturated carbocycles. The van der Waals surface area contributed by atoms with Gasteiger partial charge in [-0.05, 0) is 30.0 Å². The Bertz CT molecular complexity index is 755. The first-order chi connectivity index (χ1) is 12.7. The summed E-state index contributed by atoms with van der Waals surface area (Å²) in [6, 6.07) is 15.0. The van der Waals surface area contributed by atoms with Gasteiger partial charge in [0.15, 0.2) is 0 Å². The molecule has 0 bridgehead atoms. The van der Waals surface area contributed by atoms with Crippen molar-refractivity contribution in [2.75, 3.05) is 19.6 Å². The number of likely N-dealkylation sites (tertiary alicyclic amines) is 2. The number of fused-ring (bicyclic) bond motifs is 1. The molecule has 2 aliphatic rings. The molecule has 1 aromatic carbocycles. The maximum absolute atomic E-state index is 12.2. The lowest BCUT2D eigenvalue weighted by Gasteiger charge is -2.29. The van der Waals surface area contributed by atoms with Crippen LogP contribution in [0.25, 0.3) is 0 Å². The highest BCUT2D eigenvalue weighted by atomic mass is 16.3. The Morgan fingerprint density at radius 2 is 1.85 bits per heavy atom. The zero-order valence-electron chi connectivity index (χ0n) is 15.7. The third-order valence-electron chi connectivity index (χ3n) is 5.88. The molecule has 2 aromatic rings. The third-order valence-corrected chi connectivity index (χ3v) is 5.88. The van der Waals surface area contributed by atoms with E-state index < -0.39 is 0 Å². The fourth-order valence-electron chi connectivity index (χ4n) is 4.78. The second-order valence-electron chi connectivity index (χ2n) is 7.76. The van der Waals surface area contributed by atoms with Gasteiger partial charge in [-0.2, -0.15) is 0 Å². The van der Waals surface area contributed by atoms with Gasteiger partial charge >= 0.3 is 0 Å². The van der Waals surface area contributed by atoms with Crippen LogP contribution in [0, 0.1) is 11.8 Å². The molecule has 4 heteroatoms. The predicted octanol–water partition coefficient (Wildman–Crippen LogP) is 3.88. The van der Waals surface area contributed by atoms with Crippen LogP contribution in [0.5, 0.6) is 0 Å². The van der Waals surface area contributed by atoms with Crippen molar-refractivity contribution in [1.82, 2.24) is 9.80 Å². The minimum atomic E-state index is 0.190. The zero-order valence-corrected chi connectivity index (χ0v) is 15.7. The highest BCUT2D eigenvalue weighted by Crippen LogP contribution is 2.45. The summed E-state index contributed by atoms with van der Waals surface area (Å²) >= 11 is 0. The largest absolute Gasteiger partial charge is 0.465 e. The summed E-state index contributed by atoms with van der Waals surface area (Å²) in [6.45, 7) is 7.69. The first-order valence-electron chi connectivity index (χ1n) is 9.77. The Hall–Kier alpha value is -2.07. The molecule has 4 nitrogen and oxygen atoms in total. The Labute approximate surface area is 155 Å². The van der Waals surface area contributed by atoms with Crippen LogP contribution in [0.2, 0.25) is 0 Å². The first-order valence-corrected chi connectivity index (χ1v) is 9.77. The highest BCUT2D eigenvalue weighted by molar-refractivity contribution is 5.74. The van der Waals surface area contributed by atoms with Crippen molar-refractivity contribution in [1.29, 1.82) is 0 Å². The lowest BCUT2D eigenvalue weighted by molar-refractivity contribution is -0.130. The number of furan rings is 1. The SMILES string of the molecule is CCCc1ccc(CN2C[C@@H]3CN(C(C)=O)[C@H](c4ccccc4)[C@@H]3C2)o1. The zero-order chi connectivity index (χ0) is 18.1. The van der Waals surface area contributed by atoms with Gasteiger partial charge in [0.1, 0.15) is 11.5 Å². The van der Waals surface area contributed by atoms with Crippen molar-refractivity contribution >= 4 is 5.91 Å². The Kier molecular flexibility index (Phi) is 4.86. The summed E-state index contributed by atoms with van der Waals surface area (Å²) in [6.07, 6.45) is 2.12. The molecule has 3 atom stereocenters. The van der Waals surface area contributed by atoms with Crippen molar-refractivity contribution in [3.05, 3.63) is 59.5 Å². The van der Waals surface area contributed by atoms with Gasteiger partial charge in [-0.1, -0.05) is 37.3 Å². The van der Waals surface area contributed by atoms with Crippen molar-refractivity contribution in [2.24, 2.45) is 11.8 Å². The summed E-state index contributed by atoms with van der Waals surface area (Å²) in [4.78, 5) is 16.8. The van der Waals surface area contributed by atoms with E-state index in [0.29, 0.717) is 11.8 Å². The van der Waals surface area contributed by atoms with Crippen LogP contribution in [0.15, 0.2) is 46.9 Å². The van der Waals surface area contributed by atoms with E-state index in [1.807, 2.05) is 6.07 Å². The smallest absolute Gasteiger partial charge is 0.219 e. The highest BCUT2D eigenvalue weighted by Gasteiger charge is 2.48. The fraction of sp³-hybridized carbons (Fsp3) is 0.500. The van der Waals surface area contributed by atoms with Gasteiger partial charge in [0.2, 0.25) is 5.91 Å². The van der Waals surface area contributed by atoms with Crippen molar-refractivity contribution in [3.8, 4) is 0 Å². The molecule has 138 valence electrons. The minimum Gasteiger partial charge on any atom is -0.465 e. The number of benzene rings is 1. The van der Waals surface area contributed by atoms with Gasteiger partial charge in [-0.15, -0.1) is 0 Å². The number of hydrogen-bond donors (Lipinski definition) is 0. The number of aryl methyl sites for hydroxylation is 1. The van der Waals surface area contributed by atoms with Crippen LogP contribution in [-0.4, -0.2) is 35.3 Å². The molecule has 1 aromatic heterocycles. The summed E-state index contributed by atoms with van der Waals surface area (Å²) in [7, 11) is 0. The second kappa shape index (κ2) is 7.28. The van der Waals surface area contributed by atoms with Crippen LogP contribution < -0.4 is 0 Å². The molecule has 4 rings (SSSR count). The summed E-state index contributed by atoms with van der Waals surface area (Å²) in [5.41, 5.74) is 1.26. The van der Waals surface area contributed by atoms with Crippen LogP contribution in [0.4, 0.5) is 0 Å². The van der Waals surface area contributed by atoms with E-state index in [9.17, 15) is 4.79 Å². The molecule has 0 N–H and O–H groups in total. The average molecular weight is 352 g/mol. The maximum atomic E-state index is 12.2. The van der Waals surface area contributed by atoms with Gasteiger partial charge < -0.3 is 9.32 Å². The molecule has 0 unspecified atom stereocenters. The number of carbonyl (C=O) groups is 1. The fourth-order valence-corrected chi connectivity index (χ4v) is 4.78. The van der Waals surface area contributed by atoms with Gasteiger partial charge in [0, 0.05) is 38.9 Å². The van der Waals surface area contributed by atoms with E-state index in [1.165, 1.54) is 5.56 Å². The number of hydrogen-bond acceptors (Lipinski definition) is 3. The molecular weight excluding hydrogens is 324 g/mol. The van der Waals surface area contributed by atoms with Crippen molar-refractivity contribution < 1.29 is 9.21 Å². The molecular formula is C22H28N2O2. The predicted molar refractivity (Wildman–Crippen MR) is 102 cm³/mol. The molecule has 26 heavy (non-hydrogen) atoms. The molecule has 2 saturated heterocycles. The number of amides is 1. The van der Waals surface area contributed by atoms with Gasteiger partial charge in [0.25, 0.3) is 0 Å². The summed E-state index contributed by atoms with van der Waals surface area (Å²) in [5.74, 6) is 3.40. The van der Waals surface area contributed by atoms with E-state index in [-0.39, 0.29) is 11.9 Å². The Morgan fingerprint density at radius 3 is 2.58 bits per heavy atom. The summed E-state index contributed by atoms with van der Waals surface area (Å²) < 4.78 is 5.97. The molecule has 2 fully saturated rings. The number of nitrogens with zero attached hydrogens (tertiary/aromatic N) is 2. The Balaban J connectivity index is 1.48. The van der Waals surface area contributed by atoms with E-state index in [2.05, 4.69) is 53.1 Å². The van der Waals surface area contributed by atoms with E-state index >= 15 is 0 Å². The quantitative estimate of drug-likeness (QED) is 0.819. The molecule has 3 heterocycles. The standard InChI is InChI=1S/C22H28N2O2/c1-3-7-19-10-11-20(26-19)14-23-12-18-13-24(16(2)25)22(21(18)15-23)17-8-5-4-6-9-17/h4-6,8-11,18,21-22H,3,7,12-15H2,1-2H3/t18-,21-,22-/m1/s1. The van der Waals surface area contributed by atoms with Gasteiger partial charge in [-0.25, -0.2) is 0 Å². The van der Waals surface area contributed by atoms with Crippen LogP contribution in [0.1, 0.15) is 43.4 Å². The van der Waals surface area contributed by atoms with Gasteiger partial charge in [0.05, 0.1) is 12.6 Å². The lowest BCUT2D eigenvalue weighted by atomic mass is 9.89. The van der Waals surface area contributed by atoms with Crippen LogP contribution >= 0.6 is 0 Å². The molecule has 0 aliphatic carbocycles. The maximum Gasteiger partial charge on any atom is 0.219 e. The molecule has 1 amide bonds. The van der Waals surface area contributed by atoms with Crippen LogP contribution in [-0.2, 0) is 17.8 Å². The molecule has 0 spiro atoms. The first kappa shape index (κ1) is 17.3. The molecule has 2 aliphatic heterocycles. The van der Waals surface area contributed by atoms with E-state index in [1.54, 1.807) is 6.92 Å².